The van der Waals surface area contributed by atoms with E-state index in [-0.39, 0.29) is 17.9 Å². The van der Waals surface area contributed by atoms with Gasteiger partial charge in [-0.3, -0.25) is 4.79 Å². The van der Waals surface area contributed by atoms with Crippen LogP contribution in [0.25, 0.3) is 0 Å². The second kappa shape index (κ2) is 5.58. The highest BCUT2D eigenvalue weighted by molar-refractivity contribution is 5.80. The second-order valence-corrected chi connectivity index (χ2v) is 7.05. The van der Waals surface area contributed by atoms with Gasteiger partial charge < -0.3 is 15.8 Å². The molecule has 0 radical (unpaired) electrons. The molecule has 1 heterocycles. The van der Waals surface area contributed by atoms with Gasteiger partial charge in [0, 0.05) is 18.5 Å². The Labute approximate surface area is 131 Å². The molecular formula is C18H24N2O2. The van der Waals surface area contributed by atoms with Crippen molar-refractivity contribution in [3.63, 3.8) is 0 Å². The van der Waals surface area contributed by atoms with Gasteiger partial charge in [0.25, 0.3) is 0 Å². The molecule has 3 aliphatic rings. The van der Waals surface area contributed by atoms with Gasteiger partial charge in [0.1, 0.15) is 5.75 Å². The second-order valence-electron chi connectivity index (χ2n) is 7.05. The van der Waals surface area contributed by atoms with Crippen LogP contribution in [-0.4, -0.2) is 25.1 Å². The summed E-state index contributed by atoms with van der Waals surface area (Å²) in [5.74, 6) is 2.61. The molecule has 0 spiro atoms. The fourth-order valence-electron chi connectivity index (χ4n) is 4.69. The first kappa shape index (κ1) is 14.1. The molecule has 2 saturated carbocycles. The van der Waals surface area contributed by atoms with Crippen molar-refractivity contribution in [1.82, 2.24) is 5.32 Å². The highest BCUT2D eigenvalue weighted by Gasteiger charge is 2.49. The van der Waals surface area contributed by atoms with Crippen LogP contribution in [0, 0.1) is 17.8 Å². The topological polar surface area (TPSA) is 64.4 Å². The van der Waals surface area contributed by atoms with Crippen LogP contribution in [0.3, 0.4) is 0 Å². The molecule has 0 aromatic heterocycles. The van der Waals surface area contributed by atoms with Crippen molar-refractivity contribution >= 4 is 5.91 Å². The Morgan fingerprint density at radius 3 is 2.86 bits per heavy atom. The normalized spacial score (nSPS) is 35.8. The lowest BCUT2D eigenvalue weighted by Gasteiger charge is -2.29. The summed E-state index contributed by atoms with van der Waals surface area (Å²) in [5.41, 5.74) is 7.48. The van der Waals surface area contributed by atoms with Crippen LogP contribution in [-0.2, 0) is 4.79 Å². The van der Waals surface area contributed by atoms with E-state index in [1.165, 1.54) is 18.4 Å². The Hall–Kier alpha value is -1.55. The lowest BCUT2D eigenvalue weighted by Crippen LogP contribution is -2.46. The van der Waals surface area contributed by atoms with E-state index in [0.29, 0.717) is 24.3 Å². The largest absolute Gasteiger partial charge is 0.493 e. The van der Waals surface area contributed by atoms with Crippen LogP contribution in [0.4, 0.5) is 0 Å². The summed E-state index contributed by atoms with van der Waals surface area (Å²) in [6.45, 7) is 1.42. The number of hydrogen-bond donors (Lipinski definition) is 2. The number of nitrogens with two attached hydrogens (primary N) is 1. The van der Waals surface area contributed by atoms with Crippen LogP contribution in [0.1, 0.15) is 37.2 Å². The lowest BCUT2D eigenvalue weighted by atomic mass is 9.84. The standard InChI is InChI=1S/C18H24N2O2/c19-17-12-6-5-11(9-12)16(17)18(21)20-10-13-7-8-22-15-4-2-1-3-14(13)15/h1-4,11-13,16-17H,5-10,19H2,(H,20,21). The maximum atomic E-state index is 12.6. The first-order valence-electron chi connectivity index (χ1n) is 8.49. The number of nitrogens with one attached hydrogen (secondary N) is 1. The summed E-state index contributed by atoms with van der Waals surface area (Å²) >= 11 is 0. The van der Waals surface area contributed by atoms with Crippen molar-refractivity contribution in [2.75, 3.05) is 13.2 Å². The average molecular weight is 300 g/mol. The van der Waals surface area contributed by atoms with E-state index in [2.05, 4.69) is 11.4 Å². The van der Waals surface area contributed by atoms with Crippen LogP contribution >= 0.6 is 0 Å². The quantitative estimate of drug-likeness (QED) is 0.898. The number of carbonyl (C=O) groups is 1. The van der Waals surface area contributed by atoms with Crippen LogP contribution in [0.2, 0.25) is 0 Å². The molecule has 1 aliphatic heterocycles. The number of hydrogen-bond acceptors (Lipinski definition) is 3. The first-order chi connectivity index (χ1) is 10.7. The first-order valence-corrected chi connectivity index (χ1v) is 8.49. The summed E-state index contributed by atoms with van der Waals surface area (Å²) in [5, 5.41) is 3.18. The summed E-state index contributed by atoms with van der Waals surface area (Å²) < 4.78 is 5.68. The predicted octanol–water partition coefficient (Wildman–Crippen LogP) is 2.04. The van der Waals surface area contributed by atoms with E-state index >= 15 is 0 Å². The molecule has 2 aliphatic carbocycles. The molecule has 3 N–H and O–H groups in total. The summed E-state index contributed by atoms with van der Waals surface area (Å²) in [6.07, 6.45) is 4.50. The fourth-order valence-corrected chi connectivity index (χ4v) is 4.69. The smallest absolute Gasteiger partial charge is 0.224 e. The molecule has 0 saturated heterocycles. The van der Waals surface area contributed by atoms with Crippen molar-refractivity contribution in [2.24, 2.45) is 23.5 Å². The number of rotatable bonds is 3. The van der Waals surface area contributed by atoms with Gasteiger partial charge in [0.05, 0.1) is 12.5 Å². The van der Waals surface area contributed by atoms with Crippen molar-refractivity contribution in [3.8, 4) is 5.75 Å². The Morgan fingerprint density at radius 1 is 1.23 bits per heavy atom. The molecule has 5 unspecified atom stereocenters. The van der Waals surface area contributed by atoms with Crippen molar-refractivity contribution in [1.29, 1.82) is 0 Å². The predicted molar refractivity (Wildman–Crippen MR) is 84.6 cm³/mol. The zero-order chi connectivity index (χ0) is 15.1. The zero-order valence-electron chi connectivity index (χ0n) is 12.8. The minimum atomic E-state index is 0.0360. The SMILES string of the molecule is NC1C2CCC(C2)C1C(=O)NCC1CCOc2ccccc21. The van der Waals surface area contributed by atoms with E-state index in [1.54, 1.807) is 0 Å². The number of amides is 1. The molecule has 4 nitrogen and oxygen atoms in total. The van der Waals surface area contributed by atoms with Gasteiger partial charge in [-0.15, -0.1) is 0 Å². The lowest BCUT2D eigenvalue weighted by molar-refractivity contribution is -0.127. The van der Waals surface area contributed by atoms with E-state index in [1.807, 2.05) is 18.2 Å². The average Bonchev–Trinajstić information content (AvgIpc) is 3.13. The fraction of sp³-hybridized carbons (Fsp3) is 0.611. The summed E-state index contributed by atoms with van der Waals surface area (Å²) in [6, 6.07) is 8.21. The van der Waals surface area contributed by atoms with Gasteiger partial charge in [0.15, 0.2) is 0 Å². The highest BCUT2D eigenvalue weighted by atomic mass is 16.5. The van der Waals surface area contributed by atoms with Crippen molar-refractivity contribution in [2.45, 2.75) is 37.6 Å². The highest BCUT2D eigenvalue weighted by Crippen LogP contribution is 2.47. The van der Waals surface area contributed by atoms with Gasteiger partial charge in [-0.2, -0.15) is 0 Å². The van der Waals surface area contributed by atoms with Crippen LogP contribution in [0.5, 0.6) is 5.75 Å². The summed E-state index contributed by atoms with van der Waals surface area (Å²) in [4.78, 5) is 12.6. The molecule has 5 atom stereocenters. The molecule has 1 aromatic rings. The van der Waals surface area contributed by atoms with Crippen molar-refractivity contribution in [3.05, 3.63) is 29.8 Å². The van der Waals surface area contributed by atoms with Gasteiger partial charge >= 0.3 is 0 Å². The molecule has 118 valence electrons. The van der Waals surface area contributed by atoms with E-state index in [4.69, 9.17) is 10.5 Å². The molecule has 4 heteroatoms. The number of benzene rings is 1. The molecule has 1 amide bonds. The van der Waals surface area contributed by atoms with E-state index < -0.39 is 0 Å². The minimum absolute atomic E-state index is 0.0360. The Balaban J connectivity index is 1.40. The van der Waals surface area contributed by atoms with Crippen LogP contribution in [0.15, 0.2) is 24.3 Å². The molecule has 1 aromatic carbocycles. The zero-order valence-corrected chi connectivity index (χ0v) is 12.8. The number of para-hydroxylation sites is 1. The van der Waals surface area contributed by atoms with Gasteiger partial charge in [0.2, 0.25) is 5.91 Å². The molecule has 22 heavy (non-hydrogen) atoms. The third kappa shape index (κ3) is 2.30. The third-order valence-electron chi connectivity index (χ3n) is 5.89. The molecule has 4 rings (SSSR count). The Bertz CT molecular complexity index is 572. The van der Waals surface area contributed by atoms with E-state index in [9.17, 15) is 4.79 Å². The van der Waals surface area contributed by atoms with Gasteiger partial charge in [-0.1, -0.05) is 18.2 Å². The minimum Gasteiger partial charge on any atom is -0.493 e. The van der Waals surface area contributed by atoms with Gasteiger partial charge in [-0.05, 0) is 49.1 Å². The Kier molecular flexibility index (Phi) is 3.57. The number of ether oxygens (including phenoxy) is 1. The Morgan fingerprint density at radius 2 is 2.05 bits per heavy atom. The van der Waals surface area contributed by atoms with E-state index in [0.717, 1.165) is 25.2 Å². The monoisotopic (exact) mass is 300 g/mol. The molecule has 2 bridgehead atoms. The molecular weight excluding hydrogens is 276 g/mol. The number of carbonyl (C=O) groups excluding carboxylic acids is 1. The van der Waals surface area contributed by atoms with Gasteiger partial charge in [-0.25, -0.2) is 0 Å². The molecule has 2 fully saturated rings. The van der Waals surface area contributed by atoms with Crippen molar-refractivity contribution < 1.29 is 9.53 Å². The summed E-state index contributed by atoms with van der Waals surface area (Å²) in [7, 11) is 0. The maximum Gasteiger partial charge on any atom is 0.224 e. The third-order valence-corrected chi connectivity index (χ3v) is 5.89. The van der Waals surface area contributed by atoms with Crippen LogP contribution < -0.4 is 15.8 Å². The number of fused-ring (bicyclic) bond motifs is 3. The maximum absolute atomic E-state index is 12.6.